The van der Waals surface area contributed by atoms with Gasteiger partial charge in [-0.15, -0.1) is 0 Å². The van der Waals surface area contributed by atoms with Crippen molar-refractivity contribution in [3.05, 3.63) is 58.0 Å². The number of carboxylic acids is 1. The SMILES string of the molecule is CC(C)n1cc(-c2ccc3c(c2)[C@H](C(NC(=O)OC(C)(C)C)C(=O)O)CCC3)ccc1=O. The first-order valence-electron chi connectivity index (χ1n) is 11.0. The summed E-state index contributed by atoms with van der Waals surface area (Å²) in [6.07, 6.45) is 3.44. The van der Waals surface area contributed by atoms with Crippen LogP contribution in [0, 0.1) is 0 Å². The van der Waals surface area contributed by atoms with E-state index < -0.39 is 23.7 Å². The Labute approximate surface area is 188 Å². The maximum Gasteiger partial charge on any atom is 0.408 e. The van der Waals surface area contributed by atoms with Gasteiger partial charge in [-0.25, -0.2) is 9.59 Å². The summed E-state index contributed by atoms with van der Waals surface area (Å²) in [5.41, 5.74) is 3.01. The van der Waals surface area contributed by atoms with Gasteiger partial charge in [0.1, 0.15) is 11.6 Å². The summed E-state index contributed by atoms with van der Waals surface area (Å²) in [6.45, 7) is 9.12. The largest absolute Gasteiger partial charge is 0.480 e. The molecule has 0 bridgehead atoms. The monoisotopic (exact) mass is 440 g/mol. The predicted octanol–water partition coefficient (Wildman–Crippen LogP) is 4.49. The molecule has 1 heterocycles. The summed E-state index contributed by atoms with van der Waals surface area (Å²) in [5.74, 6) is -1.47. The maximum atomic E-state index is 12.3. The quantitative estimate of drug-likeness (QED) is 0.714. The molecule has 7 nitrogen and oxygen atoms in total. The van der Waals surface area contributed by atoms with Crippen LogP contribution in [0.15, 0.2) is 41.3 Å². The van der Waals surface area contributed by atoms with Gasteiger partial charge < -0.3 is 19.7 Å². The van der Waals surface area contributed by atoms with Crippen molar-refractivity contribution in [1.82, 2.24) is 9.88 Å². The lowest BCUT2D eigenvalue weighted by Gasteiger charge is -2.31. The fourth-order valence-corrected chi connectivity index (χ4v) is 4.21. The molecule has 0 saturated heterocycles. The van der Waals surface area contributed by atoms with Gasteiger partial charge in [0.05, 0.1) is 0 Å². The lowest BCUT2D eigenvalue weighted by Crippen LogP contribution is -2.47. The molecule has 1 aromatic carbocycles. The van der Waals surface area contributed by atoms with Crippen LogP contribution in [0.4, 0.5) is 4.79 Å². The van der Waals surface area contributed by atoms with Crippen molar-refractivity contribution in [2.45, 2.75) is 77.5 Å². The molecule has 0 spiro atoms. The minimum absolute atomic E-state index is 0.0299. The molecular formula is C25H32N2O5. The fourth-order valence-electron chi connectivity index (χ4n) is 4.21. The van der Waals surface area contributed by atoms with Crippen molar-refractivity contribution in [2.24, 2.45) is 0 Å². The number of carboxylic acid groups (broad SMARTS) is 1. The number of alkyl carbamates (subject to hydrolysis) is 1. The average molecular weight is 441 g/mol. The second-order valence-corrected chi connectivity index (χ2v) is 9.63. The number of aromatic nitrogens is 1. The van der Waals surface area contributed by atoms with E-state index in [4.69, 9.17) is 4.74 Å². The van der Waals surface area contributed by atoms with E-state index >= 15 is 0 Å². The molecule has 3 rings (SSSR count). The molecular weight excluding hydrogens is 408 g/mol. The third-order valence-corrected chi connectivity index (χ3v) is 5.68. The Hall–Kier alpha value is -3.09. The van der Waals surface area contributed by atoms with Crippen LogP contribution in [0.3, 0.4) is 0 Å². The van der Waals surface area contributed by atoms with Gasteiger partial charge in [-0.2, -0.15) is 0 Å². The second-order valence-electron chi connectivity index (χ2n) is 9.63. The second kappa shape index (κ2) is 9.18. The normalized spacial score (nSPS) is 16.9. The number of hydrogen-bond donors (Lipinski definition) is 2. The number of carbonyl (C=O) groups excluding carboxylic acids is 1. The standard InChI is InChI=1S/C25H32N2O5/c1-15(2)27-14-18(11-12-21(27)28)17-10-9-16-7-6-8-19(20(16)13-17)22(23(29)30)26-24(31)32-25(3,4)5/h9-15,19,22H,6-8H2,1-5H3,(H,26,31)(H,29,30)/t19-,22?/m1/s1. The number of hydrogen-bond acceptors (Lipinski definition) is 4. The Kier molecular flexibility index (Phi) is 6.77. The third-order valence-electron chi connectivity index (χ3n) is 5.68. The minimum atomic E-state index is -1.09. The van der Waals surface area contributed by atoms with Crippen molar-refractivity contribution in [3.8, 4) is 11.1 Å². The molecule has 1 amide bonds. The smallest absolute Gasteiger partial charge is 0.408 e. The van der Waals surface area contributed by atoms with Crippen molar-refractivity contribution in [3.63, 3.8) is 0 Å². The number of amides is 1. The lowest BCUT2D eigenvalue weighted by molar-refractivity contribution is -0.140. The van der Waals surface area contributed by atoms with E-state index in [1.165, 1.54) is 0 Å². The Bertz CT molecular complexity index is 1060. The van der Waals surface area contributed by atoms with E-state index in [2.05, 4.69) is 5.32 Å². The highest BCUT2D eigenvalue weighted by Crippen LogP contribution is 2.37. The molecule has 0 radical (unpaired) electrons. The number of aliphatic carboxylic acids is 1. The van der Waals surface area contributed by atoms with Crippen molar-refractivity contribution in [1.29, 1.82) is 0 Å². The molecule has 2 N–H and O–H groups in total. The molecule has 1 aliphatic carbocycles. The Morgan fingerprint density at radius 2 is 1.84 bits per heavy atom. The number of nitrogens with one attached hydrogen (secondary N) is 1. The number of fused-ring (bicyclic) bond motifs is 1. The van der Waals surface area contributed by atoms with Gasteiger partial charge in [0.15, 0.2) is 0 Å². The summed E-state index contributed by atoms with van der Waals surface area (Å²) < 4.78 is 6.97. The Morgan fingerprint density at radius 3 is 2.47 bits per heavy atom. The van der Waals surface area contributed by atoms with Crippen LogP contribution in [-0.4, -0.2) is 33.4 Å². The fraction of sp³-hybridized carbons (Fsp3) is 0.480. The Morgan fingerprint density at radius 1 is 1.16 bits per heavy atom. The van der Waals surface area contributed by atoms with Crippen molar-refractivity contribution < 1.29 is 19.4 Å². The van der Waals surface area contributed by atoms with Gasteiger partial charge in [0, 0.05) is 24.2 Å². The number of rotatable bonds is 5. The zero-order valence-electron chi connectivity index (χ0n) is 19.3. The number of carbonyl (C=O) groups is 2. The topological polar surface area (TPSA) is 97.6 Å². The highest BCUT2D eigenvalue weighted by Gasteiger charge is 2.35. The molecule has 1 aromatic heterocycles. The summed E-state index contributed by atoms with van der Waals surface area (Å²) in [6, 6.07) is 8.30. The van der Waals surface area contributed by atoms with Crippen molar-refractivity contribution in [2.75, 3.05) is 0 Å². The van der Waals surface area contributed by atoms with E-state index in [1.807, 2.05) is 38.2 Å². The molecule has 0 saturated carbocycles. The molecule has 172 valence electrons. The number of aryl methyl sites for hydroxylation is 1. The van der Waals surface area contributed by atoms with Gasteiger partial charge >= 0.3 is 12.1 Å². The van der Waals surface area contributed by atoms with Crippen molar-refractivity contribution >= 4 is 12.1 Å². The highest BCUT2D eigenvalue weighted by molar-refractivity contribution is 5.81. The number of ether oxygens (including phenoxy) is 1. The predicted molar refractivity (Wildman–Crippen MR) is 123 cm³/mol. The van der Waals surface area contributed by atoms with Gasteiger partial charge in [-0.1, -0.05) is 18.2 Å². The molecule has 7 heteroatoms. The van der Waals surface area contributed by atoms with Crippen LogP contribution in [-0.2, 0) is 16.0 Å². The van der Waals surface area contributed by atoms with E-state index in [9.17, 15) is 19.5 Å². The van der Waals surface area contributed by atoms with Crippen LogP contribution < -0.4 is 10.9 Å². The summed E-state index contributed by atoms with van der Waals surface area (Å²) in [5, 5.41) is 12.5. The van der Waals surface area contributed by atoms with Crippen LogP contribution in [0.5, 0.6) is 0 Å². The van der Waals surface area contributed by atoms with Gasteiger partial charge in [0.25, 0.3) is 5.56 Å². The van der Waals surface area contributed by atoms with Crippen LogP contribution in [0.25, 0.3) is 11.1 Å². The van der Waals surface area contributed by atoms with E-state index in [-0.39, 0.29) is 17.5 Å². The number of nitrogens with zero attached hydrogens (tertiary/aromatic N) is 1. The zero-order chi connectivity index (χ0) is 23.6. The molecule has 2 atom stereocenters. The summed E-state index contributed by atoms with van der Waals surface area (Å²) in [4.78, 5) is 36.6. The van der Waals surface area contributed by atoms with Gasteiger partial charge in [-0.05, 0) is 82.2 Å². The molecule has 1 unspecified atom stereocenters. The molecule has 1 aliphatic rings. The van der Waals surface area contributed by atoms with E-state index in [0.717, 1.165) is 35.1 Å². The average Bonchev–Trinajstić information content (AvgIpc) is 2.70. The molecule has 32 heavy (non-hydrogen) atoms. The summed E-state index contributed by atoms with van der Waals surface area (Å²) >= 11 is 0. The molecule has 2 aromatic rings. The van der Waals surface area contributed by atoms with Crippen LogP contribution in [0.1, 0.15) is 70.5 Å². The third kappa shape index (κ3) is 5.39. The van der Waals surface area contributed by atoms with Gasteiger partial charge in [0.2, 0.25) is 0 Å². The maximum absolute atomic E-state index is 12.3. The first-order chi connectivity index (χ1) is 15.0. The van der Waals surface area contributed by atoms with E-state index in [1.54, 1.807) is 37.5 Å². The highest BCUT2D eigenvalue weighted by atomic mass is 16.6. The number of pyridine rings is 1. The van der Waals surface area contributed by atoms with E-state index in [0.29, 0.717) is 6.42 Å². The zero-order valence-corrected chi connectivity index (χ0v) is 19.3. The molecule has 0 aliphatic heterocycles. The minimum Gasteiger partial charge on any atom is -0.480 e. The van der Waals surface area contributed by atoms with Crippen LogP contribution >= 0.6 is 0 Å². The lowest BCUT2D eigenvalue weighted by atomic mass is 9.77. The summed E-state index contributed by atoms with van der Waals surface area (Å²) in [7, 11) is 0. The number of benzene rings is 1. The Balaban J connectivity index is 1.97. The van der Waals surface area contributed by atoms with Crippen LogP contribution in [0.2, 0.25) is 0 Å². The molecule has 0 fully saturated rings. The first-order valence-corrected chi connectivity index (χ1v) is 11.0. The van der Waals surface area contributed by atoms with Gasteiger partial charge in [-0.3, -0.25) is 4.79 Å². The first kappa shape index (κ1) is 23.6.